The summed E-state index contributed by atoms with van der Waals surface area (Å²) in [5.74, 6) is -4.29. The number of ether oxygens (including phenoxy) is 8. The quantitative estimate of drug-likeness (QED) is 0.0384. The van der Waals surface area contributed by atoms with E-state index in [4.69, 9.17) is 37.9 Å². The highest BCUT2D eigenvalue weighted by Crippen LogP contribution is 2.48. The molecular weight excluding hydrogens is 969 g/mol. The molecule has 0 aromatic rings. The molecule has 0 radical (unpaired) electrons. The Hall–Kier alpha value is -2.76. The minimum absolute atomic E-state index is 0.0373. The van der Waals surface area contributed by atoms with Gasteiger partial charge in [-0.3, -0.25) is 4.79 Å². The maximum atomic E-state index is 13.5. The van der Waals surface area contributed by atoms with Gasteiger partial charge in [0.1, 0.15) is 18.3 Å². The summed E-state index contributed by atoms with van der Waals surface area (Å²) < 4.78 is 52.6. The molecule has 0 unspecified atom stereocenters. The molecule has 4 N–H and O–H groups in total. The largest absolute Gasteiger partial charge is 0.479 e. The number of hydrogen-bond acceptors (Lipinski definition) is 13. The van der Waals surface area contributed by atoms with E-state index in [0.29, 0.717) is 62.9 Å². The zero-order valence-electron chi connectivity index (χ0n) is 47.2. The number of unbranched alkanes of at least 4 members (excludes halogenated alkanes) is 8. The van der Waals surface area contributed by atoms with E-state index in [1.54, 1.807) is 0 Å². The average molecular weight is 1070 g/mol. The molecule has 76 heavy (non-hydrogen) atoms. The van der Waals surface area contributed by atoms with Crippen LogP contribution < -0.4 is 0 Å². The van der Waals surface area contributed by atoms with Crippen LogP contribution in [0.1, 0.15) is 208 Å². The summed E-state index contributed by atoms with van der Waals surface area (Å²) in [4.78, 5) is 25.5. The Bertz CT molecular complexity index is 1990. The molecule has 0 saturated carbocycles. The molecule has 3 spiro atoms. The Morgan fingerprint density at radius 3 is 2.34 bits per heavy atom. The van der Waals surface area contributed by atoms with Gasteiger partial charge < -0.3 is 58.3 Å². The number of fused-ring (bicyclic) bond motifs is 1. The maximum absolute atomic E-state index is 13.5. The van der Waals surface area contributed by atoms with Crippen molar-refractivity contribution in [3.05, 3.63) is 60.3 Å². The molecule has 430 valence electrons. The second kappa shape index (κ2) is 28.1. The van der Waals surface area contributed by atoms with Crippen LogP contribution in [0.5, 0.6) is 0 Å². The molecule has 7 rings (SSSR count). The number of allylic oxidation sites excluding steroid dienone is 4. The van der Waals surface area contributed by atoms with Crippen LogP contribution in [0.2, 0.25) is 0 Å². The van der Waals surface area contributed by atoms with Crippen LogP contribution in [0.4, 0.5) is 0 Å². The first kappa shape index (κ1) is 60.9. The zero-order valence-corrected chi connectivity index (χ0v) is 47.2. The van der Waals surface area contributed by atoms with Crippen molar-refractivity contribution in [2.75, 3.05) is 6.61 Å². The normalized spacial score (nSPS) is 37.2. The van der Waals surface area contributed by atoms with Gasteiger partial charge in [0.05, 0.1) is 43.2 Å². The second-order valence-electron chi connectivity index (χ2n) is 24.3. The molecule has 6 fully saturated rings. The van der Waals surface area contributed by atoms with Crippen LogP contribution in [-0.4, -0.2) is 123 Å². The molecule has 14 heteroatoms. The van der Waals surface area contributed by atoms with Gasteiger partial charge >= 0.3 is 11.9 Å². The van der Waals surface area contributed by atoms with Gasteiger partial charge in [-0.1, -0.05) is 108 Å². The van der Waals surface area contributed by atoms with Crippen molar-refractivity contribution in [3.63, 3.8) is 0 Å². The lowest BCUT2D eigenvalue weighted by Gasteiger charge is -2.50. The number of carboxylic acids is 1. The highest BCUT2D eigenvalue weighted by molar-refractivity contribution is 5.76. The number of aliphatic hydroxyl groups excluding tert-OH is 2. The van der Waals surface area contributed by atoms with E-state index in [2.05, 4.69) is 70.7 Å². The molecule has 0 aromatic carbocycles. The molecule has 17 atom stereocenters. The SMILES string of the molecule is C=C1[C@@H](O)[C@@H]2O[C@]3(CC[C@H](C=C[C@@H](C)[C@@H]4CC(C)=C[C@@]5(O[C@H](C[C@@](C)(O)C(=O)O)CC[C@H]5OC(=O)CCCCCCC/C=C\C/C=C\CCCCC)O4)O3)CC[C@H]2O[C@@H]1[C@@H](O)C[C@H](C)[C@H]1O[C@@]2(CCCCO2)CC[C@H]1C. The Morgan fingerprint density at radius 2 is 1.61 bits per heavy atom. The minimum atomic E-state index is -2.01. The van der Waals surface area contributed by atoms with Crippen LogP contribution in [-0.2, 0) is 47.5 Å². The minimum Gasteiger partial charge on any atom is -0.479 e. The van der Waals surface area contributed by atoms with Gasteiger partial charge in [-0.15, -0.1) is 0 Å². The van der Waals surface area contributed by atoms with Crippen molar-refractivity contribution in [1.29, 1.82) is 0 Å². The van der Waals surface area contributed by atoms with Crippen molar-refractivity contribution in [2.24, 2.45) is 17.8 Å². The standard InChI is InChI=1S/C62H98O14/c1-8-9-10-11-12-13-14-15-16-17-18-19-20-21-22-25-53(64)71-52-29-28-48(41-59(7,68)58(66)67)73-62(52)40-42(2)38-51(74-62)43(3)26-27-47-31-35-61(72-47)36-32-50-57(76-61)54(65)46(6)56(70-50)49(63)39-45(5)55-44(4)30-34-60(75-55)33-23-24-37-69-60/h12-13,15-16,26-27,40,43-45,47-52,54-57,63,65,68H,6,8-11,14,17-25,28-39,41H2,1-5,7H3,(H,66,67)/b13-12-,16-15-,27-26?/t43-,44-,45+,47+,48+,49+,50-,51+,52-,54-,55+,56+,57-,59-,60+,61-,62-/m1/s1. The average Bonchev–Trinajstić information content (AvgIpc) is 3.80. The van der Waals surface area contributed by atoms with E-state index >= 15 is 0 Å². The second-order valence-corrected chi connectivity index (χ2v) is 24.3. The third-order valence-electron chi connectivity index (χ3n) is 17.6. The molecule has 0 amide bonds. The van der Waals surface area contributed by atoms with Crippen molar-refractivity contribution in [2.45, 2.75) is 292 Å². The van der Waals surface area contributed by atoms with Gasteiger partial charge in [0.25, 0.3) is 0 Å². The molecule has 7 heterocycles. The summed E-state index contributed by atoms with van der Waals surface area (Å²) in [6.07, 6.45) is 30.6. The summed E-state index contributed by atoms with van der Waals surface area (Å²) >= 11 is 0. The predicted molar refractivity (Wildman–Crippen MR) is 291 cm³/mol. The number of carbonyl (C=O) groups excluding carboxylic acids is 1. The van der Waals surface area contributed by atoms with Gasteiger partial charge in [0.15, 0.2) is 23.3 Å². The fourth-order valence-corrected chi connectivity index (χ4v) is 13.0. The topological polar surface area (TPSA) is 189 Å². The van der Waals surface area contributed by atoms with Crippen molar-refractivity contribution < 1.29 is 67.9 Å². The molecule has 0 bridgehead atoms. The molecular formula is C62H98O14. The van der Waals surface area contributed by atoms with Crippen molar-refractivity contribution >= 4 is 11.9 Å². The van der Waals surface area contributed by atoms with Crippen LogP contribution in [0.25, 0.3) is 0 Å². The summed E-state index contributed by atoms with van der Waals surface area (Å²) in [5.41, 5.74) is -0.609. The van der Waals surface area contributed by atoms with E-state index in [0.717, 1.165) is 95.7 Å². The number of hydrogen-bond donors (Lipinski definition) is 4. The zero-order chi connectivity index (χ0) is 54.5. The number of aliphatic carboxylic acids is 1. The van der Waals surface area contributed by atoms with Crippen molar-refractivity contribution in [3.8, 4) is 0 Å². The highest BCUT2D eigenvalue weighted by Gasteiger charge is 2.55. The van der Waals surface area contributed by atoms with E-state index in [9.17, 15) is 30.0 Å². The van der Waals surface area contributed by atoms with E-state index < -0.39 is 71.7 Å². The molecule has 7 aliphatic rings. The number of rotatable bonds is 25. The van der Waals surface area contributed by atoms with E-state index in [-0.39, 0.29) is 49.0 Å². The van der Waals surface area contributed by atoms with E-state index in [1.165, 1.54) is 26.2 Å². The van der Waals surface area contributed by atoms with Gasteiger partial charge in [0, 0.05) is 44.4 Å². The van der Waals surface area contributed by atoms with Crippen molar-refractivity contribution in [1.82, 2.24) is 0 Å². The molecule has 0 aromatic heterocycles. The third-order valence-corrected chi connectivity index (χ3v) is 17.6. The first-order valence-electron chi connectivity index (χ1n) is 29.9. The number of carbonyl (C=O) groups is 2. The van der Waals surface area contributed by atoms with Crippen LogP contribution in [0.3, 0.4) is 0 Å². The Morgan fingerprint density at radius 1 is 0.882 bits per heavy atom. The molecule has 6 saturated heterocycles. The summed E-state index contributed by atoms with van der Waals surface area (Å²) in [5, 5.41) is 43.9. The Labute approximate surface area is 455 Å². The van der Waals surface area contributed by atoms with Gasteiger partial charge in [-0.05, 0) is 134 Å². The molecule has 0 aliphatic carbocycles. The number of aliphatic hydroxyl groups is 3. The predicted octanol–water partition coefficient (Wildman–Crippen LogP) is 11.6. The van der Waals surface area contributed by atoms with E-state index in [1.807, 2.05) is 13.0 Å². The fourth-order valence-electron chi connectivity index (χ4n) is 13.0. The smallest absolute Gasteiger partial charge is 0.335 e. The Balaban J connectivity index is 0.891. The van der Waals surface area contributed by atoms with Crippen LogP contribution >= 0.6 is 0 Å². The summed E-state index contributed by atoms with van der Waals surface area (Å²) in [6, 6.07) is 0. The van der Waals surface area contributed by atoms with Crippen LogP contribution in [0, 0.1) is 17.8 Å². The summed E-state index contributed by atoms with van der Waals surface area (Å²) in [6.45, 7) is 16.9. The molecule has 14 nitrogen and oxygen atoms in total. The van der Waals surface area contributed by atoms with Gasteiger partial charge in [-0.25, -0.2) is 4.79 Å². The Kier molecular flexibility index (Phi) is 22.5. The highest BCUT2D eigenvalue weighted by atomic mass is 16.7. The van der Waals surface area contributed by atoms with Gasteiger partial charge in [0.2, 0.25) is 5.79 Å². The summed E-state index contributed by atoms with van der Waals surface area (Å²) in [7, 11) is 0. The van der Waals surface area contributed by atoms with Gasteiger partial charge in [-0.2, -0.15) is 0 Å². The lowest BCUT2D eigenvalue weighted by Crippen LogP contribution is -2.60. The fraction of sp³-hybridized carbons (Fsp3) is 0.806. The maximum Gasteiger partial charge on any atom is 0.335 e. The lowest BCUT2D eigenvalue weighted by atomic mass is 9.79. The number of carboxylic acid groups (broad SMARTS) is 1. The monoisotopic (exact) mass is 1070 g/mol. The lowest BCUT2D eigenvalue weighted by molar-refractivity contribution is -0.322. The van der Waals surface area contributed by atoms with Crippen LogP contribution in [0.15, 0.2) is 60.3 Å². The first-order chi connectivity index (χ1) is 36.4. The number of esters is 1. The molecule has 7 aliphatic heterocycles. The first-order valence-corrected chi connectivity index (χ1v) is 29.9. The third kappa shape index (κ3) is 16.2.